The van der Waals surface area contributed by atoms with Gasteiger partial charge < -0.3 is 5.11 Å². The number of ketones is 2. The van der Waals surface area contributed by atoms with Crippen molar-refractivity contribution in [2.24, 2.45) is 0 Å². The second-order valence-electron chi connectivity index (χ2n) is 14.2. The van der Waals surface area contributed by atoms with Crippen LogP contribution in [-0.4, -0.2) is 47.8 Å². The third-order valence-corrected chi connectivity index (χ3v) is 9.93. The monoisotopic (exact) mass is 622 g/mol. The van der Waals surface area contributed by atoms with Crippen LogP contribution in [0.3, 0.4) is 0 Å². The molecule has 1 N–H and O–H groups in total. The minimum Gasteiger partial charge on any atom is -0.393 e. The topological polar surface area (TPSA) is 57.6 Å². The van der Waals surface area contributed by atoms with Crippen LogP contribution in [-0.2, 0) is 9.59 Å². The highest BCUT2D eigenvalue weighted by Gasteiger charge is 2.45. The van der Waals surface area contributed by atoms with Crippen LogP contribution in [0.5, 0.6) is 0 Å². The molecule has 0 unspecified atom stereocenters. The molecule has 0 aliphatic heterocycles. The number of Topliss-reactive ketones (excluding diaryl/α,β-unsaturated/α-hetero) is 2. The first-order valence-electron chi connectivity index (χ1n) is 19.8. The highest BCUT2D eigenvalue weighted by molar-refractivity contribution is 6.11. The summed E-state index contributed by atoms with van der Waals surface area (Å²) in [5.41, 5.74) is -1.36. The van der Waals surface area contributed by atoms with Gasteiger partial charge in [-0.2, -0.15) is 0 Å². The van der Waals surface area contributed by atoms with Gasteiger partial charge in [-0.15, -0.1) is 0 Å². The van der Waals surface area contributed by atoms with E-state index >= 15 is 0 Å². The summed E-state index contributed by atoms with van der Waals surface area (Å²) in [6.07, 6.45) is 39.5. The molecule has 0 atom stereocenters. The smallest absolute Gasteiger partial charge is 0.163 e. The van der Waals surface area contributed by atoms with Gasteiger partial charge in [0.25, 0.3) is 0 Å². The molecule has 0 radical (unpaired) electrons. The van der Waals surface area contributed by atoms with Gasteiger partial charge in [0.15, 0.2) is 17.1 Å². The van der Waals surface area contributed by atoms with Crippen LogP contribution in [0.2, 0.25) is 0 Å². The lowest BCUT2D eigenvalue weighted by Gasteiger charge is -2.35. The van der Waals surface area contributed by atoms with Crippen LogP contribution in [0.1, 0.15) is 219 Å². The molecule has 0 amide bonds. The first-order valence-corrected chi connectivity index (χ1v) is 19.8. The molecule has 0 rings (SSSR count). The van der Waals surface area contributed by atoms with Crippen LogP contribution >= 0.6 is 0 Å². The molecule has 44 heavy (non-hydrogen) atoms. The quantitative estimate of drug-likeness (QED) is 0.0558. The number of nitrogens with zero attached hydrogens (tertiary/aromatic N) is 1. The summed E-state index contributed by atoms with van der Waals surface area (Å²) in [6.45, 7) is 4.14. The fourth-order valence-electron chi connectivity index (χ4n) is 6.70. The van der Waals surface area contributed by atoms with E-state index in [0.717, 1.165) is 38.5 Å². The van der Waals surface area contributed by atoms with Crippen LogP contribution in [0.4, 0.5) is 0 Å². The molecule has 0 heterocycles. The van der Waals surface area contributed by atoms with E-state index in [4.69, 9.17) is 0 Å². The van der Waals surface area contributed by atoms with Crippen molar-refractivity contribution >= 4 is 11.6 Å². The van der Waals surface area contributed by atoms with Crippen molar-refractivity contribution in [3.05, 3.63) is 0 Å². The molecule has 0 saturated heterocycles. The van der Waals surface area contributed by atoms with Gasteiger partial charge in [-0.1, -0.05) is 194 Å². The number of unbranched alkanes of at least 4 members (excludes halogenated alkanes) is 28. The van der Waals surface area contributed by atoms with Gasteiger partial charge in [-0.25, -0.2) is 0 Å². The van der Waals surface area contributed by atoms with Gasteiger partial charge in [0.1, 0.15) is 0 Å². The zero-order valence-electron chi connectivity index (χ0n) is 30.5. The van der Waals surface area contributed by atoms with Crippen molar-refractivity contribution in [1.82, 2.24) is 4.90 Å². The Labute approximate surface area is 276 Å². The van der Waals surface area contributed by atoms with Crippen molar-refractivity contribution in [2.75, 3.05) is 20.7 Å². The fraction of sp³-hybridized carbons (Fsp3) is 0.950. The molecule has 0 aromatic rings. The Morgan fingerprint density at radius 3 is 0.795 bits per heavy atom. The first-order chi connectivity index (χ1) is 21.5. The molecule has 0 aromatic carbocycles. The van der Waals surface area contributed by atoms with E-state index in [9.17, 15) is 14.7 Å². The predicted molar refractivity (Wildman–Crippen MR) is 193 cm³/mol. The summed E-state index contributed by atoms with van der Waals surface area (Å²) < 4.78 is 0. The van der Waals surface area contributed by atoms with Gasteiger partial charge >= 0.3 is 0 Å². The maximum absolute atomic E-state index is 13.3. The SMILES string of the molecule is CCCCCCCCCCCCCCCCCC(=O)C(CO)(C(=O)CCCCCCCCCCCCCCCCC)N(C)C. The van der Waals surface area contributed by atoms with Crippen molar-refractivity contribution in [1.29, 1.82) is 0 Å². The van der Waals surface area contributed by atoms with E-state index in [0.29, 0.717) is 12.8 Å². The highest BCUT2D eigenvalue weighted by Crippen LogP contribution is 2.23. The van der Waals surface area contributed by atoms with Crippen molar-refractivity contribution in [2.45, 2.75) is 225 Å². The summed E-state index contributed by atoms with van der Waals surface area (Å²) in [6, 6.07) is 0. The van der Waals surface area contributed by atoms with Crippen LogP contribution in [0.15, 0.2) is 0 Å². The van der Waals surface area contributed by atoms with Crippen LogP contribution < -0.4 is 0 Å². The third kappa shape index (κ3) is 22.7. The molecule has 262 valence electrons. The average Bonchev–Trinajstić information content (AvgIpc) is 3.01. The molecule has 0 bridgehead atoms. The Morgan fingerprint density at radius 1 is 0.409 bits per heavy atom. The highest BCUT2D eigenvalue weighted by atomic mass is 16.3. The van der Waals surface area contributed by atoms with E-state index in [-0.39, 0.29) is 11.6 Å². The van der Waals surface area contributed by atoms with E-state index < -0.39 is 12.1 Å². The molecule has 0 aliphatic rings. The summed E-state index contributed by atoms with van der Waals surface area (Å²) in [7, 11) is 3.54. The number of hydrogen-bond donors (Lipinski definition) is 1. The Bertz CT molecular complexity index is 586. The summed E-state index contributed by atoms with van der Waals surface area (Å²) in [4.78, 5) is 28.2. The number of aliphatic hydroxyl groups excluding tert-OH is 1. The maximum Gasteiger partial charge on any atom is 0.163 e. The average molecular weight is 622 g/mol. The number of carbonyl (C=O) groups is 2. The lowest BCUT2D eigenvalue weighted by atomic mass is 9.83. The Morgan fingerprint density at radius 2 is 0.614 bits per heavy atom. The molecule has 0 aromatic heterocycles. The summed E-state index contributed by atoms with van der Waals surface area (Å²) in [5, 5.41) is 10.3. The lowest BCUT2D eigenvalue weighted by Crippen LogP contribution is -2.60. The molecule has 0 aliphatic carbocycles. The zero-order valence-corrected chi connectivity index (χ0v) is 30.5. The fourth-order valence-corrected chi connectivity index (χ4v) is 6.70. The third-order valence-electron chi connectivity index (χ3n) is 9.93. The molecule has 0 fully saturated rings. The maximum atomic E-state index is 13.3. The van der Waals surface area contributed by atoms with E-state index in [1.54, 1.807) is 19.0 Å². The number of likely N-dealkylation sites (N-methyl/N-ethyl adjacent to an activating group) is 1. The Kier molecular flexibility index (Phi) is 31.7. The molecule has 4 nitrogen and oxygen atoms in total. The molecule has 0 saturated carbocycles. The largest absolute Gasteiger partial charge is 0.393 e. The van der Waals surface area contributed by atoms with E-state index in [1.807, 2.05) is 0 Å². The van der Waals surface area contributed by atoms with Crippen LogP contribution in [0.25, 0.3) is 0 Å². The number of carbonyl (C=O) groups excluding carboxylic acids is 2. The van der Waals surface area contributed by atoms with Gasteiger partial charge in [0.2, 0.25) is 0 Å². The molecular weight excluding hydrogens is 542 g/mol. The standard InChI is InChI=1S/C40H79NO3/c1-5-7-9-11-13-15-17-19-21-23-25-27-29-31-33-35-38(43)40(37-42,41(3)4)39(44)36-34-32-30-28-26-24-22-20-18-16-14-12-10-8-6-2/h42H,5-37H2,1-4H3. The zero-order chi connectivity index (χ0) is 32.6. The van der Waals surface area contributed by atoms with Crippen molar-refractivity contribution in [3.63, 3.8) is 0 Å². The van der Waals surface area contributed by atoms with Gasteiger partial charge in [-0.05, 0) is 26.9 Å². The summed E-state index contributed by atoms with van der Waals surface area (Å²) >= 11 is 0. The number of hydrogen-bond acceptors (Lipinski definition) is 4. The normalized spacial score (nSPS) is 12.0. The van der Waals surface area contributed by atoms with Crippen molar-refractivity contribution in [3.8, 4) is 0 Å². The Hall–Kier alpha value is -0.740. The minimum absolute atomic E-state index is 0.0920. The Balaban J connectivity index is 3.93. The van der Waals surface area contributed by atoms with Gasteiger partial charge in [0, 0.05) is 12.8 Å². The van der Waals surface area contributed by atoms with E-state index in [1.165, 1.54) is 154 Å². The molecular formula is C40H79NO3. The minimum atomic E-state index is -1.36. The number of rotatable bonds is 36. The second-order valence-corrected chi connectivity index (χ2v) is 14.2. The van der Waals surface area contributed by atoms with Gasteiger partial charge in [0.05, 0.1) is 6.61 Å². The van der Waals surface area contributed by atoms with Gasteiger partial charge in [-0.3, -0.25) is 14.5 Å². The second kappa shape index (κ2) is 32.2. The molecule has 4 heteroatoms. The number of aliphatic hydroxyl groups is 1. The molecule has 0 spiro atoms. The summed E-state index contributed by atoms with van der Waals surface area (Å²) in [5.74, 6) is -0.184. The van der Waals surface area contributed by atoms with Crippen LogP contribution in [0, 0.1) is 0 Å². The van der Waals surface area contributed by atoms with Crippen molar-refractivity contribution < 1.29 is 14.7 Å². The lowest BCUT2D eigenvalue weighted by molar-refractivity contribution is -0.145. The van der Waals surface area contributed by atoms with E-state index in [2.05, 4.69) is 13.8 Å². The first kappa shape index (κ1) is 43.3. The predicted octanol–water partition coefficient (Wildman–Crippen LogP) is 11.9.